The summed E-state index contributed by atoms with van der Waals surface area (Å²) in [6.45, 7) is 2.75. The largest absolute Gasteiger partial charge is 0.496 e. The number of hydrogen-bond acceptors (Lipinski definition) is 5. The van der Waals surface area contributed by atoms with E-state index in [4.69, 9.17) is 15.7 Å². The number of hydrogen-bond donors (Lipinski definition) is 3. The highest BCUT2D eigenvalue weighted by atomic mass is 32.1. The summed E-state index contributed by atoms with van der Waals surface area (Å²) < 4.78 is 5.36. The zero-order valence-electron chi connectivity index (χ0n) is 12.0. The summed E-state index contributed by atoms with van der Waals surface area (Å²) in [6, 6.07) is 9.84. The summed E-state index contributed by atoms with van der Waals surface area (Å²) in [5.74, 6) is 0.862. The molecule has 112 valence electrons. The zero-order valence-corrected chi connectivity index (χ0v) is 12.9. The fourth-order valence-corrected chi connectivity index (χ4v) is 2.79. The third-order valence-electron chi connectivity index (χ3n) is 3.25. The SMILES string of the molecule is COc1ccc(/C(N)=N/O)cc1CN[C@@H](C)c1cccs1. The molecule has 0 saturated carbocycles. The molecule has 0 fully saturated rings. The highest BCUT2D eigenvalue weighted by molar-refractivity contribution is 7.10. The van der Waals surface area contributed by atoms with E-state index < -0.39 is 0 Å². The summed E-state index contributed by atoms with van der Waals surface area (Å²) in [6.07, 6.45) is 0. The lowest BCUT2D eigenvalue weighted by Gasteiger charge is -2.15. The maximum absolute atomic E-state index is 8.77. The van der Waals surface area contributed by atoms with Crippen LogP contribution < -0.4 is 15.8 Å². The van der Waals surface area contributed by atoms with Gasteiger partial charge < -0.3 is 21.0 Å². The molecule has 1 aromatic heterocycles. The Kier molecular flexibility index (Phi) is 5.19. The highest BCUT2D eigenvalue weighted by Gasteiger charge is 2.10. The van der Waals surface area contributed by atoms with Crippen LogP contribution in [0.2, 0.25) is 0 Å². The molecule has 0 aliphatic carbocycles. The normalized spacial score (nSPS) is 13.1. The first-order valence-corrected chi connectivity index (χ1v) is 7.45. The van der Waals surface area contributed by atoms with Crippen molar-refractivity contribution in [2.24, 2.45) is 10.9 Å². The second kappa shape index (κ2) is 7.10. The number of methoxy groups -OCH3 is 1. The lowest BCUT2D eigenvalue weighted by molar-refractivity contribution is 0.318. The Balaban J connectivity index is 2.14. The molecule has 0 saturated heterocycles. The Labute approximate surface area is 128 Å². The number of benzene rings is 1. The van der Waals surface area contributed by atoms with Crippen LogP contribution in [0.15, 0.2) is 40.9 Å². The number of nitrogens with zero attached hydrogens (tertiary/aromatic N) is 1. The van der Waals surface area contributed by atoms with Crippen LogP contribution in [0, 0.1) is 0 Å². The van der Waals surface area contributed by atoms with Gasteiger partial charge in [-0.1, -0.05) is 11.2 Å². The van der Waals surface area contributed by atoms with E-state index in [9.17, 15) is 0 Å². The van der Waals surface area contributed by atoms with Crippen molar-refractivity contribution < 1.29 is 9.94 Å². The molecule has 0 unspecified atom stereocenters. The number of nitrogens with one attached hydrogen (secondary N) is 1. The van der Waals surface area contributed by atoms with Crippen LogP contribution in [0.25, 0.3) is 0 Å². The first-order chi connectivity index (χ1) is 10.2. The monoisotopic (exact) mass is 305 g/mol. The minimum atomic E-state index is 0.0882. The number of thiophene rings is 1. The number of ether oxygens (including phenoxy) is 1. The standard InChI is InChI=1S/C15H19N3O2S/c1-10(14-4-3-7-21-14)17-9-12-8-11(15(16)18-19)5-6-13(12)20-2/h3-8,10,17,19H,9H2,1-2H3,(H2,16,18)/t10-/m0/s1. The van der Waals surface area contributed by atoms with Gasteiger partial charge in [0, 0.05) is 28.6 Å². The van der Waals surface area contributed by atoms with Crippen molar-refractivity contribution in [3.05, 3.63) is 51.7 Å². The first kappa shape index (κ1) is 15.3. The smallest absolute Gasteiger partial charge is 0.170 e. The maximum Gasteiger partial charge on any atom is 0.170 e. The van der Waals surface area contributed by atoms with Crippen LogP contribution >= 0.6 is 11.3 Å². The quantitative estimate of drug-likeness (QED) is 0.332. The van der Waals surface area contributed by atoms with Gasteiger partial charge in [-0.05, 0) is 36.6 Å². The van der Waals surface area contributed by atoms with E-state index in [1.807, 2.05) is 18.2 Å². The van der Waals surface area contributed by atoms with E-state index in [1.165, 1.54) is 4.88 Å². The van der Waals surface area contributed by atoms with Gasteiger partial charge >= 0.3 is 0 Å². The van der Waals surface area contributed by atoms with Gasteiger partial charge in [0.2, 0.25) is 0 Å². The third kappa shape index (κ3) is 3.74. The molecule has 6 heteroatoms. The van der Waals surface area contributed by atoms with E-state index in [1.54, 1.807) is 24.5 Å². The summed E-state index contributed by atoms with van der Waals surface area (Å²) in [4.78, 5) is 1.28. The molecule has 21 heavy (non-hydrogen) atoms. The predicted octanol–water partition coefficient (Wildman–Crippen LogP) is 2.70. The molecule has 1 heterocycles. The second-order valence-corrected chi connectivity index (χ2v) is 5.61. The highest BCUT2D eigenvalue weighted by Crippen LogP contribution is 2.23. The Morgan fingerprint density at radius 3 is 2.90 bits per heavy atom. The summed E-state index contributed by atoms with van der Waals surface area (Å²) in [5, 5.41) is 17.3. The summed E-state index contributed by atoms with van der Waals surface area (Å²) in [7, 11) is 1.63. The Morgan fingerprint density at radius 2 is 2.29 bits per heavy atom. The van der Waals surface area contributed by atoms with Crippen molar-refractivity contribution in [1.82, 2.24) is 5.32 Å². The van der Waals surface area contributed by atoms with Crippen molar-refractivity contribution >= 4 is 17.2 Å². The van der Waals surface area contributed by atoms with Crippen molar-refractivity contribution in [1.29, 1.82) is 0 Å². The van der Waals surface area contributed by atoms with E-state index in [0.29, 0.717) is 12.1 Å². The fourth-order valence-electron chi connectivity index (χ4n) is 2.04. The molecule has 5 nitrogen and oxygen atoms in total. The average Bonchev–Trinajstić information content (AvgIpc) is 3.06. The van der Waals surface area contributed by atoms with Gasteiger partial charge in [-0.3, -0.25) is 0 Å². The molecule has 0 aliphatic rings. The van der Waals surface area contributed by atoms with Gasteiger partial charge in [0.25, 0.3) is 0 Å². The van der Waals surface area contributed by atoms with Gasteiger partial charge in [-0.15, -0.1) is 11.3 Å². The van der Waals surface area contributed by atoms with Gasteiger partial charge in [0.15, 0.2) is 5.84 Å². The minimum absolute atomic E-state index is 0.0882. The molecule has 1 aromatic carbocycles. The topological polar surface area (TPSA) is 79.9 Å². The molecule has 0 aliphatic heterocycles. The van der Waals surface area contributed by atoms with Crippen LogP contribution in [0.3, 0.4) is 0 Å². The van der Waals surface area contributed by atoms with Gasteiger partial charge in [0.05, 0.1) is 7.11 Å². The minimum Gasteiger partial charge on any atom is -0.496 e. The van der Waals surface area contributed by atoms with E-state index in [0.717, 1.165) is 11.3 Å². The Bertz CT molecular complexity index is 611. The molecule has 0 radical (unpaired) electrons. The van der Waals surface area contributed by atoms with Crippen molar-refractivity contribution in [3.8, 4) is 5.75 Å². The number of rotatable bonds is 6. The van der Waals surface area contributed by atoms with E-state index >= 15 is 0 Å². The van der Waals surface area contributed by atoms with Gasteiger partial charge in [-0.25, -0.2) is 0 Å². The van der Waals surface area contributed by atoms with Crippen LogP contribution in [-0.4, -0.2) is 18.2 Å². The van der Waals surface area contributed by atoms with Crippen molar-refractivity contribution in [3.63, 3.8) is 0 Å². The summed E-state index contributed by atoms with van der Waals surface area (Å²) in [5.41, 5.74) is 7.26. The van der Waals surface area contributed by atoms with Crippen molar-refractivity contribution in [2.45, 2.75) is 19.5 Å². The van der Waals surface area contributed by atoms with Crippen LogP contribution in [-0.2, 0) is 6.54 Å². The second-order valence-electron chi connectivity index (χ2n) is 4.63. The number of nitrogens with two attached hydrogens (primary N) is 1. The molecular weight excluding hydrogens is 286 g/mol. The van der Waals surface area contributed by atoms with Gasteiger partial charge in [0.1, 0.15) is 5.75 Å². The molecule has 2 aromatic rings. The molecule has 1 atom stereocenters. The summed E-state index contributed by atoms with van der Waals surface area (Å²) >= 11 is 1.72. The predicted molar refractivity (Wildman–Crippen MR) is 85.1 cm³/mol. The van der Waals surface area contributed by atoms with E-state index in [2.05, 4.69) is 28.8 Å². The van der Waals surface area contributed by atoms with Crippen LogP contribution in [0.4, 0.5) is 0 Å². The molecule has 0 spiro atoms. The van der Waals surface area contributed by atoms with Gasteiger partial charge in [-0.2, -0.15) is 0 Å². The molecule has 2 rings (SSSR count). The number of oxime groups is 1. The molecule has 0 bridgehead atoms. The maximum atomic E-state index is 8.77. The molecular formula is C15H19N3O2S. The lowest BCUT2D eigenvalue weighted by atomic mass is 10.1. The van der Waals surface area contributed by atoms with Crippen LogP contribution in [0.5, 0.6) is 5.75 Å². The third-order valence-corrected chi connectivity index (χ3v) is 4.31. The number of amidine groups is 1. The fraction of sp³-hybridized carbons (Fsp3) is 0.267. The van der Waals surface area contributed by atoms with E-state index in [-0.39, 0.29) is 11.9 Å². The molecule has 4 N–H and O–H groups in total. The Morgan fingerprint density at radius 1 is 1.48 bits per heavy atom. The van der Waals surface area contributed by atoms with Crippen LogP contribution in [0.1, 0.15) is 29.0 Å². The van der Waals surface area contributed by atoms with Crippen molar-refractivity contribution in [2.75, 3.05) is 7.11 Å². The average molecular weight is 305 g/mol. The Hall–Kier alpha value is -2.05. The first-order valence-electron chi connectivity index (χ1n) is 6.57. The molecule has 0 amide bonds. The lowest BCUT2D eigenvalue weighted by Crippen LogP contribution is -2.19. The zero-order chi connectivity index (χ0) is 15.2.